The van der Waals surface area contributed by atoms with Gasteiger partial charge in [0.1, 0.15) is 6.10 Å². The van der Waals surface area contributed by atoms with E-state index in [4.69, 9.17) is 4.74 Å². The first-order valence-electron chi connectivity index (χ1n) is 8.30. The number of nitrogens with zero attached hydrogens (tertiary/aromatic N) is 1. The fourth-order valence-electron chi connectivity index (χ4n) is 3.22. The maximum atomic E-state index is 6.07. The summed E-state index contributed by atoms with van der Waals surface area (Å²) in [6.07, 6.45) is 4.43. The van der Waals surface area contributed by atoms with Crippen molar-refractivity contribution in [2.75, 3.05) is 0 Å². The van der Waals surface area contributed by atoms with Gasteiger partial charge in [0.15, 0.2) is 0 Å². The Labute approximate surface area is 135 Å². The molecule has 2 heteroatoms. The van der Waals surface area contributed by atoms with Crippen LogP contribution in [0.2, 0.25) is 0 Å². The predicted octanol–water partition coefficient (Wildman–Crippen LogP) is 5.72. The van der Waals surface area contributed by atoms with Gasteiger partial charge in [-0.1, -0.05) is 27.7 Å². The molecule has 1 aliphatic rings. The van der Waals surface area contributed by atoms with Gasteiger partial charge >= 0.3 is 0 Å². The zero-order valence-corrected chi connectivity index (χ0v) is 15.2. The average molecular weight is 299 g/mol. The molecular formula is C20H29NO. The molecule has 0 aromatic carbocycles. The molecule has 0 saturated heterocycles. The number of ether oxygens (including phenoxy) is 1. The van der Waals surface area contributed by atoms with E-state index in [1.54, 1.807) is 0 Å². The van der Waals surface area contributed by atoms with Gasteiger partial charge in [-0.05, 0) is 67.9 Å². The van der Waals surface area contributed by atoms with E-state index < -0.39 is 0 Å². The van der Waals surface area contributed by atoms with Crippen molar-refractivity contribution < 1.29 is 4.74 Å². The van der Waals surface area contributed by atoms with Crippen molar-refractivity contribution in [1.29, 1.82) is 0 Å². The molecule has 2 nitrogen and oxygen atoms in total. The summed E-state index contributed by atoms with van der Waals surface area (Å²) in [5.41, 5.74) is 7.65. The third-order valence-electron chi connectivity index (χ3n) is 4.51. The Morgan fingerprint density at radius 3 is 2.18 bits per heavy atom. The van der Waals surface area contributed by atoms with Crippen molar-refractivity contribution in [3.05, 3.63) is 40.4 Å². The van der Waals surface area contributed by atoms with Gasteiger partial charge in [0, 0.05) is 17.5 Å². The monoisotopic (exact) mass is 299 g/mol. The van der Waals surface area contributed by atoms with E-state index >= 15 is 0 Å². The van der Waals surface area contributed by atoms with Gasteiger partial charge < -0.3 is 4.74 Å². The average Bonchev–Trinajstić information content (AvgIpc) is 2.41. The first-order chi connectivity index (χ1) is 10.2. The summed E-state index contributed by atoms with van der Waals surface area (Å²) in [6, 6.07) is 0. The third-order valence-corrected chi connectivity index (χ3v) is 4.51. The topological polar surface area (TPSA) is 22.1 Å². The van der Waals surface area contributed by atoms with Gasteiger partial charge in [-0.2, -0.15) is 0 Å². The summed E-state index contributed by atoms with van der Waals surface area (Å²) in [5, 5.41) is 0. The SMILES string of the molecule is C/C1=C(\C)c2c(C)ncc(C(C)C)c2/C(C(C)C)=C\[C@@H](C)O1. The number of aromatic nitrogens is 1. The van der Waals surface area contributed by atoms with Crippen LogP contribution in [0.25, 0.3) is 11.1 Å². The summed E-state index contributed by atoms with van der Waals surface area (Å²) in [6.45, 7) is 17.4. The molecule has 120 valence electrons. The molecular weight excluding hydrogens is 270 g/mol. The zero-order valence-electron chi connectivity index (χ0n) is 15.2. The molecule has 0 unspecified atom stereocenters. The van der Waals surface area contributed by atoms with E-state index in [0.29, 0.717) is 11.8 Å². The Bertz CT molecular complexity index is 635. The van der Waals surface area contributed by atoms with Crippen molar-refractivity contribution >= 4 is 11.1 Å². The highest BCUT2D eigenvalue weighted by Gasteiger charge is 2.24. The van der Waals surface area contributed by atoms with Gasteiger partial charge in [0.05, 0.1) is 5.76 Å². The van der Waals surface area contributed by atoms with Crippen LogP contribution in [-0.4, -0.2) is 11.1 Å². The van der Waals surface area contributed by atoms with Crippen molar-refractivity contribution in [2.24, 2.45) is 5.92 Å². The minimum absolute atomic E-state index is 0.0917. The van der Waals surface area contributed by atoms with Gasteiger partial charge in [0.25, 0.3) is 0 Å². The van der Waals surface area contributed by atoms with E-state index in [9.17, 15) is 0 Å². The Morgan fingerprint density at radius 1 is 1.00 bits per heavy atom. The number of allylic oxidation sites excluding steroid dienone is 3. The smallest absolute Gasteiger partial charge is 0.114 e. The van der Waals surface area contributed by atoms with Crippen LogP contribution >= 0.6 is 0 Å². The molecule has 0 bridgehead atoms. The third kappa shape index (κ3) is 2.97. The second-order valence-corrected chi connectivity index (χ2v) is 6.98. The van der Waals surface area contributed by atoms with Crippen LogP contribution in [0.3, 0.4) is 0 Å². The summed E-state index contributed by atoms with van der Waals surface area (Å²) >= 11 is 0. The molecule has 0 radical (unpaired) electrons. The normalized spacial score (nSPS) is 24.5. The molecule has 0 fully saturated rings. The van der Waals surface area contributed by atoms with E-state index in [1.807, 2.05) is 0 Å². The maximum Gasteiger partial charge on any atom is 0.114 e. The molecule has 0 aliphatic carbocycles. The standard InChI is InChI=1S/C20H29NO/c1-11(2)17-9-13(5)22-16(8)14(6)19-15(7)21-10-18(12(3)4)20(17)19/h9-13H,1-8H3/b16-14-,17-9-/t13-/m1/s1. The minimum atomic E-state index is 0.0917. The Balaban J connectivity index is 2.91. The lowest BCUT2D eigenvalue weighted by molar-refractivity contribution is 0.173. The molecule has 2 rings (SSSR count). The Kier molecular flexibility index (Phi) is 4.79. The van der Waals surface area contributed by atoms with Crippen molar-refractivity contribution in [3.63, 3.8) is 0 Å². The van der Waals surface area contributed by atoms with Crippen LogP contribution in [-0.2, 0) is 4.74 Å². The van der Waals surface area contributed by atoms with Crippen LogP contribution < -0.4 is 0 Å². The quantitative estimate of drug-likeness (QED) is 0.696. The molecule has 1 aliphatic heterocycles. The fraction of sp³-hybridized carbons (Fsp3) is 0.550. The molecule has 0 N–H and O–H groups in total. The molecule has 0 amide bonds. The highest BCUT2D eigenvalue weighted by atomic mass is 16.5. The highest BCUT2D eigenvalue weighted by Crippen LogP contribution is 2.39. The lowest BCUT2D eigenvalue weighted by Gasteiger charge is -2.28. The van der Waals surface area contributed by atoms with E-state index in [0.717, 1.165) is 11.5 Å². The molecule has 1 aromatic heterocycles. The van der Waals surface area contributed by atoms with Gasteiger partial charge in [-0.25, -0.2) is 0 Å². The largest absolute Gasteiger partial charge is 0.491 e. The van der Waals surface area contributed by atoms with E-state index in [2.05, 4.69) is 72.6 Å². The summed E-state index contributed by atoms with van der Waals surface area (Å²) in [4.78, 5) is 4.67. The summed E-state index contributed by atoms with van der Waals surface area (Å²) < 4.78 is 6.07. The van der Waals surface area contributed by atoms with Gasteiger partial charge in [0.2, 0.25) is 0 Å². The second kappa shape index (κ2) is 6.28. The molecule has 0 saturated carbocycles. The first kappa shape index (κ1) is 16.8. The Morgan fingerprint density at radius 2 is 1.64 bits per heavy atom. The van der Waals surface area contributed by atoms with Crippen molar-refractivity contribution in [3.8, 4) is 0 Å². The summed E-state index contributed by atoms with van der Waals surface area (Å²) in [5.74, 6) is 1.90. The number of rotatable bonds is 2. The van der Waals surface area contributed by atoms with Crippen LogP contribution in [0.15, 0.2) is 18.0 Å². The molecule has 1 atom stereocenters. The van der Waals surface area contributed by atoms with Crippen molar-refractivity contribution in [1.82, 2.24) is 4.98 Å². The first-order valence-corrected chi connectivity index (χ1v) is 8.30. The van der Waals surface area contributed by atoms with Crippen molar-refractivity contribution in [2.45, 2.75) is 67.4 Å². The number of fused-ring (bicyclic) bond motifs is 1. The van der Waals surface area contributed by atoms with Crippen LogP contribution in [0.4, 0.5) is 0 Å². The van der Waals surface area contributed by atoms with E-state index in [-0.39, 0.29) is 6.10 Å². The number of pyridine rings is 1. The zero-order chi connectivity index (χ0) is 16.6. The number of hydrogen-bond donors (Lipinski definition) is 0. The van der Waals surface area contributed by atoms with Crippen LogP contribution in [0.5, 0.6) is 0 Å². The van der Waals surface area contributed by atoms with Gasteiger partial charge in [-0.3, -0.25) is 4.98 Å². The predicted molar refractivity (Wildman–Crippen MR) is 94.7 cm³/mol. The lowest BCUT2D eigenvalue weighted by atomic mass is 9.81. The van der Waals surface area contributed by atoms with Crippen LogP contribution in [0, 0.1) is 12.8 Å². The van der Waals surface area contributed by atoms with E-state index in [1.165, 1.54) is 27.8 Å². The highest BCUT2D eigenvalue weighted by molar-refractivity contribution is 5.84. The minimum Gasteiger partial charge on any atom is -0.491 e. The molecule has 22 heavy (non-hydrogen) atoms. The summed E-state index contributed by atoms with van der Waals surface area (Å²) in [7, 11) is 0. The van der Waals surface area contributed by atoms with Crippen LogP contribution in [0.1, 0.15) is 76.8 Å². The number of aryl methyl sites for hydroxylation is 1. The maximum absolute atomic E-state index is 6.07. The molecule has 1 aromatic rings. The molecule has 0 spiro atoms. The van der Waals surface area contributed by atoms with Gasteiger partial charge in [-0.15, -0.1) is 0 Å². The Hall–Kier alpha value is -1.57. The number of hydrogen-bond acceptors (Lipinski definition) is 2. The molecule has 2 heterocycles. The lowest BCUT2D eigenvalue weighted by Crippen LogP contribution is -2.15. The fourth-order valence-corrected chi connectivity index (χ4v) is 3.22. The second-order valence-electron chi connectivity index (χ2n) is 6.98.